The van der Waals surface area contributed by atoms with Crippen molar-refractivity contribution in [2.24, 2.45) is 0 Å². The van der Waals surface area contributed by atoms with Gasteiger partial charge in [-0.25, -0.2) is 4.98 Å². The molecule has 2 heterocycles. The highest BCUT2D eigenvalue weighted by molar-refractivity contribution is 7.13. The van der Waals surface area contributed by atoms with Gasteiger partial charge in [0.2, 0.25) is 0 Å². The van der Waals surface area contributed by atoms with Crippen LogP contribution in [0.5, 0.6) is 0 Å². The largest absolute Gasteiger partial charge is 0.469 e. The molecule has 0 fully saturated rings. The predicted octanol–water partition coefficient (Wildman–Crippen LogP) is 0.374. The van der Waals surface area contributed by atoms with Crippen molar-refractivity contribution in [3.63, 3.8) is 0 Å². The lowest BCUT2D eigenvalue weighted by Gasteiger charge is -1.97. The third kappa shape index (κ3) is 3.48. The quantitative estimate of drug-likeness (QED) is 0.729. The van der Waals surface area contributed by atoms with Crippen molar-refractivity contribution in [2.75, 3.05) is 12.4 Å². The van der Waals surface area contributed by atoms with Gasteiger partial charge in [-0.05, 0) is 0 Å². The lowest BCUT2D eigenvalue weighted by molar-refractivity contribution is -0.140. The highest BCUT2D eigenvalue weighted by Crippen LogP contribution is 2.16. The number of carbonyl (C=O) groups excluding carboxylic acids is 1. The number of ether oxygens (including phenoxy) is 1. The van der Waals surface area contributed by atoms with Gasteiger partial charge in [0.25, 0.3) is 0 Å². The van der Waals surface area contributed by atoms with Crippen LogP contribution in [0, 0.1) is 0 Å². The maximum Gasteiger partial charge on any atom is 0.305 e. The van der Waals surface area contributed by atoms with Gasteiger partial charge in [0.05, 0.1) is 25.8 Å². The Morgan fingerprint density at radius 3 is 3.22 bits per heavy atom. The van der Waals surface area contributed by atoms with Crippen LogP contribution in [0.15, 0.2) is 5.38 Å². The minimum absolute atomic E-state index is 0.232. The molecule has 9 heteroatoms. The monoisotopic (exact) mass is 268 g/mol. The zero-order valence-electron chi connectivity index (χ0n) is 9.71. The van der Waals surface area contributed by atoms with Crippen LogP contribution in [-0.4, -0.2) is 38.7 Å². The van der Waals surface area contributed by atoms with Gasteiger partial charge in [0, 0.05) is 11.8 Å². The number of esters is 1. The topological polar surface area (TPSA) is 106 Å². The Bertz CT molecular complexity index is 497. The van der Waals surface area contributed by atoms with Crippen molar-refractivity contribution >= 4 is 22.4 Å². The molecule has 0 radical (unpaired) electrons. The molecule has 0 saturated heterocycles. The van der Waals surface area contributed by atoms with Crippen molar-refractivity contribution in [3.05, 3.63) is 16.9 Å². The van der Waals surface area contributed by atoms with Crippen LogP contribution >= 0.6 is 11.3 Å². The molecule has 0 spiro atoms. The fourth-order valence-electron chi connectivity index (χ4n) is 1.25. The lowest BCUT2D eigenvalue weighted by Crippen LogP contribution is -2.03. The molecular weight excluding hydrogens is 256 g/mol. The van der Waals surface area contributed by atoms with E-state index in [0.29, 0.717) is 25.2 Å². The maximum absolute atomic E-state index is 11.0. The summed E-state index contributed by atoms with van der Waals surface area (Å²) in [6.45, 7) is 0.459. The lowest BCUT2D eigenvalue weighted by atomic mass is 10.2. The summed E-state index contributed by atoms with van der Waals surface area (Å²) >= 11 is 1.47. The van der Waals surface area contributed by atoms with Crippen molar-refractivity contribution in [2.45, 2.75) is 19.4 Å². The minimum atomic E-state index is -0.232. The Kier molecular flexibility index (Phi) is 4.18. The Hall–Kier alpha value is -2.03. The summed E-state index contributed by atoms with van der Waals surface area (Å²) in [5.74, 6) is 0.339. The SMILES string of the molecule is COC(=O)CCc1csc(NCc2nn[nH]n2)n1. The molecule has 0 saturated carbocycles. The molecule has 0 atom stereocenters. The zero-order chi connectivity index (χ0) is 12.8. The number of rotatable bonds is 6. The average Bonchev–Trinajstić information content (AvgIpc) is 3.04. The number of aryl methyl sites for hydroxylation is 1. The molecule has 0 aliphatic heterocycles. The second-order valence-corrected chi connectivity index (χ2v) is 4.26. The third-order valence-electron chi connectivity index (χ3n) is 2.15. The van der Waals surface area contributed by atoms with E-state index in [1.54, 1.807) is 0 Å². The molecule has 0 unspecified atom stereocenters. The van der Waals surface area contributed by atoms with E-state index in [-0.39, 0.29) is 5.97 Å². The summed E-state index contributed by atoms with van der Waals surface area (Å²) in [7, 11) is 1.38. The molecule has 2 N–H and O–H groups in total. The van der Waals surface area contributed by atoms with Crippen LogP contribution in [0.1, 0.15) is 17.9 Å². The number of H-pyrrole nitrogens is 1. The van der Waals surface area contributed by atoms with Crippen LogP contribution in [-0.2, 0) is 22.5 Å². The second kappa shape index (κ2) is 6.05. The summed E-state index contributed by atoms with van der Waals surface area (Å²) in [6, 6.07) is 0. The van der Waals surface area contributed by atoms with E-state index in [0.717, 1.165) is 10.8 Å². The molecule has 2 aromatic heterocycles. The highest BCUT2D eigenvalue weighted by atomic mass is 32.1. The van der Waals surface area contributed by atoms with Crippen LogP contribution in [0.3, 0.4) is 0 Å². The molecule has 0 aliphatic rings. The summed E-state index contributed by atoms with van der Waals surface area (Å²) in [5.41, 5.74) is 0.862. The molecular formula is C9H12N6O2S. The van der Waals surface area contributed by atoms with Crippen LogP contribution in [0.4, 0.5) is 5.13 Å². The molecule has 2 aromatic rings. The maximum atomic E-state index is 11.0. The van der Waals surface area contributed by atoms with E-state index in [2.05, 4.69) is 35.7 Å². The van der Waals surface area contributed by atoms with Crippen LogP contribution in [0.2, 0.25) is 0 Å². The van der Waals surface area contributed by atoms with E-state index < -0.39 is 0 Å². The summed E-state index contributed by atoms with van der Waals surface area (Å²) in [4.78, 5) is 15.3. The molecule has 96 valence electrons. The van der Waals surface area contributed by atoms with Gasteiger partial charge in [-0.15, -0.1) is 21.5 Å². The van der Waals surface area contributed by atoms with Crippen LogP contribution in [0.25, 0.3) is 0 Å². The number of hydrogen-bond acceptors (Lipinski definition) is 8. The zero-order valence-corrected chi connectivity index (χ0v) is 10.5. The fourth-order valence-corrected chi connectivity index (χ4v) is 1.99. The van der Waals surface area contributed by atoms with Gasteiger partial charge in [-0.2, -0.15) is 5.21 Å². The highest BCUT2D eigenvalue weighted by Gasteiger charge is 2.06. The van der Waals surface area contributed by atoms with Gasteiger partial charge in [-0.3, -0.25) is 4.79 Å². The number of nitrogens with one attached hydrogen (secondary N) is 2. The first-order chi connectivity index (χ1) is 8.78. The molecule has 18 heavy (non-hydrogen) atoms. The molecule has 8 nitrogen and oxygen atoms in total. The molecule has 0 aliphatic carbocycles. The normalized spacial score (nSPS) is 10.3. The number of tetrazole rings is 1. The van der Waals surface area contributed by atoms with E-state index in [1.807, 2.05) is 5.38 Å². The van der Waals surface area contributed by atoms with E-state index in [1.165, 1.54) is 18.4 Å². The first kappa shape index (κ1) is 12.4. The third-order valence-corrected chi connectivity index (χ3v) is 3.00. The van der Waals surface area contributed by atoms with Crippen molar-refractivity contribution in [3.8, 4) is 0 Å². The Labute approximate surface area is 107 Å². The number of aromatic amines is 1. The minimum Gasteiger partial charge on any atom is -0.469 e. The number of aromatic nitrogens is 5. The van der Waals surface area contributed by atoms with Crippen molar-refractivity contribution in [1.82, 2.24) is 25.6 Å². The first-order valence-corrected chi connectivity index (χ1v) is 6.13. The predicted molar refractivity (Wildman–Crippen MR) is 64.0 cm³/mol. The number of nitrogens with zero attached hydrogens (tertiary/aromatic N) is 4. The smallest absolute Gasteiger partial charge is 0.305 e. The molecule has 0 amide bonds. The van der Waals surface area contributed by atoms with E-state index in [4.69, 9.17) is 0 Å². The number of methoxy groups -OCH3 is 1. The van der Waals surface area contributed by atoms with Crippen molar-refractivity contribution < 1.29 is 9.53 Å². The Morgan fingerprint density at radius 2 is 2.50 bits per heavy atom. The van der Waals surface area contributed by atoms with Gasteiger partial charge >= 0.3 is 5.97 Å². The molecule has 0 bridgehead atoms. The van der Waals surface area contributed by atoms with Gasteiger partial charge in [-0.1, -0.05) is 5.21 Å². The second-order valence-electron chi connectivity index (χ2n) is 3.40. The average molecular weight is 268 g/mol. The van der Waals surface area contributed by atoms with Crippen LogP contribution < -0.4 is 5.32 Å². The van der Waals surface area contributed by atoms with E-state index >= 15 is 0 Å². The standard InChI is InChI=1S/C9H12N6O2S/c1-17-8(16)3-2-6-5-18-9(11-6)10-4-7-12-14-15-13-7/h5H,2-4H2,1H3,(H,10,11)(H,12,13,14,15). The number of anilines is 1. The number of hydrogen-bond donors (Lipinski definition) is 2. The summed E-state index contributed by atoms with van der Waals surface area (Å²) in [5, 5.41) is 19.2. The summed E-state index contributed by atoms with van der Waals surface area (Å²) in [6.07, 6.45) is 0.914. The fraction of sp³-hybridized carbons (Fsp3) is 0.444. The van der Waals surface area contributed by atoms with Gasteiger partial charge in [0.1, 0.15) is 0 Å². The summed E-state index contributed by atoms with van der Waals surface area (Å²) < 4.78 is 4.57. The first-order valence-electron chi connectivity index (χ1n) is 5.25. The Balaban J connectivity index is 1.80. The molecule has 2 rings (SSSR count). The van der Waals surface area contributed by atoms with E-state index in [9.17, 15) is 4.79 Å². The number of thiazole rings is 1. The molecule has 0 aromatic carbocycles. The van der Waals surface area contributed by atoms with Gasteiger partial charge < -0.3 is 10.1 Å². The Morgan fingerprint density at radius 1 is 1.61 bits per heavy atom. The van der Waals surface area contributed by atoms with Gasteiger partial charge in [0.15, 0.2) is 11.0 Å². The number of carbonyl (C=O) groups is 1. The van der Waals surface area contributed by atoms with Crippen molar-refractivity contribution in [1.29, 1.82) is 0 Å².